The predicted octanol–water partition coefficient (Wildman–Crippen LogP) is 5.71. The Morgan fingerprint density at radius 1 is 1.22 bits per heavy atom. The van der Waals surface area contributed by atoms with Crippen LogP contribution in [0.4, 0.5) is 17.3 Å². The quantitative estimate of drug-likeness (QED) is 0.150. The van der Waals surface area contributed by atoms with Crippen molar-refractivity contribution in [2.45, 2.75) is 32.4 Å². The van der Waals surface area contributed by atoms with Gasteiger partial charge >= 0.3 is 0 Å². The number of benzene rings is 1. The lowest BCUT2D eigenvalue weighted by Crippen LogP contribution is -2.35. The number of anilines is 3. The van der Waals surface area contributed by atoms with Gasteiger partial charge in [0.2, 0.25) is 5.91 Å². The number of terminal acetylenes is 1. The Balaban J connectivity index is 0.00000138. The van der Waals surface area contributed by atoms with Gasteiger partial charge in [0.1, 0.15) is 23.4 Å². The number of amides is 1. The summed E-state index contributed by atoms with van der Waals surface area (Å²) in [6, 6.07) is 7.82. The highest BCUT2D eigenvalue weighted by Gasteiger charge is 2.27. The van der Waals surface area contributed by atoms with Crippen LogP contribution in [-0.4, -0.2) is 114 Å². The number of rotatable bonds is 11. The Bertz CT molecular complexity index is 1800. The maximum atomic E-state index is 13.0. The molecule has 1 saturated heterocycles. The maximum Gasteiger partial charge on any atom is 0.246 e. The summed E-state index contributed by atoms with van der Waals surface area (Å²) < 4.78 is 12.0. The van der Waals surface area contributed by atoms with Crippen LogP contribution >= 0.6 is 11.8 Å². The molecule has 0 spiro atoms. The zero-order valence-electron chi connectivity index (χ0n) is 30.7. The minimum Gasteiger partial charge on any atom is -0.493 e. The largest absolute Gasteiger partial charge is 0.493 e. The van der Waals surface area contributed by atoms with E-state index in [1.165, 1.54) is 6.33 Å². The standard InChI is InChI=1S/C34H43N9O3S.C4H6/c1-7-37-43-15-12-26(13-16-43)46-29-11-10-25(19-24(29)2)38-33-32-28(35-23-36-33)20-30(45-5)34(39-32)42-18-17-41(21-27(22-42)47-6)31(44)9-8-14-40(3)4;1-3-4-2/h7-13,15,19-20,23,27H,14,16-18,21-22H2,1-6H3,(H,35,36,38);1H,4H2,2H3/b9-8+,37-7-;. The molecule has 1 fully saturated rings. The van der Waals surface area contributed by atoms with Gasteiger partial charge in [0, 0.05) is 74.6 Å². The lowest BCUT2D eigenvalue weighted by Gasteiger charge is -2.26. The summed E-state index contributed by atoms with van der Waals surface area (Å²) in [6.07, 6.45) is 20.4. The fourth-order valence-corrected chi connectivity index (χ4v) is 5.96. The van der Waals surface area contributed by atoms with E-state index in [2.05, 4.69) is 37.5 Å². The zero-order valence-corrected chi connectivity index (χ0v) is 31.5. The Hall–Kier alpha value is -5.06. The fraction of sp³-hybridized carbons (Fsp3) is 0.395. The smallest absolute Gasteiger partial charge is 0.246 e. The van der Waals surface area contributed by atoms with Crippen LogP contribution in [0.15, 0.2) is 72.0 Å². The summed E-state index contributed by atoms with van der Waals surface area (Å²) in [5, 5.41) is 9.73. The molecule has 1 N–H and O–H groups in total. The molecule has 5 rings (SSSR count). The Morgan fingerprint density at radius 2 is 2.02 bits per heavy atom. The SMILES string of the molecule is C#CCC.C/C=N\N1C=CC(Oc2ccc(Nc3ncnc4cc(OC)c(N5CCN(C(=O)/C=C/CN(C)C)CC(SC)C5)nc34)cc2C)=CC1. The summed E-state index contributed by atoms with van der Waals surface area (Å²) >= 11 is 1.75. The summed E-state index contributed by atoms with van der Waals surface area (Å²) in [5.41, 5.74) is 3.11. The van der Waals surface area contributed by atoms with Crippen molar-refractivity contribution in [3.8, 4) is 23.8 Å². The summed E-state index contributed by atoms with van der Waals surface area (Å²) in [6.45, 7) is 9.78. The molecule has 0 radical (unpaired) electrons. The minimum atomic E-state index is 0.0260. The van der Waals surface area contributed by atoms with Gasteiger partial charge < -0.3 is 29.5 Å². The van der Waals surface area contributed by atoms with E-state index in [1.54, 1.807) is 31.2 Å². The van der Waals surface area contributed by atoms with E-state index in [4.69, 9.17) is 20.9 Å². The van der Waals surface area contributed by atoms with Crippen molar-refractivity contribution < 1.29 is 14.3 Å². The van der Waals surface area contributed by atoms with Crippen LogP contribution in [0.5, 0.6) is 11.5 Å². The van der Waals surface area contributed by atoms with Crippen LogP contribution < -0.4 is 19.7 Å². The molecule has 1 amide bonds. The number of ether oxygens (including phenoxy) is 2. The maximum absolute atomic E-state index is 13.0. The van der Waals surface area contributed by atoms with Crippen LogP contribution in [0, 0.1) is 19.3 Å². The fourth-order valence-electron chi connectivity index (χ4n) is 5.30. The number of pyridine rings is 1. The number of methoxy groups -OCH3 is 1. The first kappa shape index (κ1) is 38.7. The van der Waals surface area contributed by atoms with Crippen molar-refractivity contribution in [3.63, 3.8) is 0 Å². The van der Waals surface area contributed by atoms with Gasteiger partial charge in [-0.2, -0.15) is 16.9 Å². The first-order valence-corrected chi connectivity index (χ1v) is 18.2. The third kappa shape index (κ3) is 11.0. The Morgan fingerprint density at radius 3 is 2.67 bits per heavy atom. The molecule has 2 aliphatic rings. The van der Waals surface area contributed by atoms with E-state index < -0.39 is 0 Å². The number of aryl methyl sites for hydroxylation is 1. The lowest BCUT2D eigenvalue weighted by molar-refractivity contribution is -0.125. The van der Waals surface area contributed by atoms with Crippen LogP contribution in [-0.2, 0) is 4.79 Å². The number of fused-ring (bicyclic) bond motifs is 1. The normalized spacial score (nSPS) is 16.2. The van der Waals surface area contributed by atoms with Gasteiger partial charge in [0.05, 0.1) is 19.2 Å². The average molecular weight is 712 g/mol. The van der Waals surface area contributed by atoms with Crippen molar-refractivity contribution in [2.24, 2.45) is 5.10 Å². The number of hydrazone groups is 1. The lowest BCUT2D eigenvalue weighted by atomic mass is 10.2. The predicted molar refractivity (Wildman–Crippen MR) is 210 cm³/mol. The third-order valence-electron chi connectivity index (χ3n) is 7.96. The number of aromatic nitrogens is 3. The molecular formula is C38H49N9O3S. The van der Waals surface area contributed by atoms with Crippen LogP contribution in [0.3, 0.4) is 0 Å². The molecule has 12 nitrogen and oxygen atoms in total. The molecule has 2 aliphatic heterocycles. The molecule has 1 atom stereocenters. The zero-order chi connectivity index (χ0) is 36.8. The number of thioether (sulfide) groups is 1. The van der Waals surface area contributed by atoms with Gasteiger partial charge in [-0.05, 0) is 70.1 Å². The summed E-state index contributed by atoms with van der Waals surface area (Å²) in [7, 11) is 5.61. The molecule has 0 aliphatic carbocycles. The van der Waals surface area contributed by atoms with Gasteiger partial charge in [-0.1, -0.05) is 13.0 Å². The third-order valence-corrected chi connectivity index (χ3v) is 8.93. The van der Waals surface area contributed by atoms with Crippen molar-refractivity contribution in [2.75, 3.05) is 76.9 Å². The molecule has 0 saturated carbocycles. The second kappa shape index (κ2) is 19.4. The van der Waals surface area contributed by atoms with Crippen molar-refractivity contribution in [1.82, 2.24) is 29.8 Å². The van der Waals surface area contributed by atoms with Gasteiger partial charge in [-0.15, -0.1) is 12.3 Å². The van der Waals surface area contributed by atoms with E-state index in [9.17, 15) is 4.79 Å². The molecule has 0 bridgehead atoms. The highest BCUT2D eigenvalue weighted by molar-refractivity contribution is 7.99. The number of likely N-dealkylation sites (N-methyl/N-ethyl adjacent to an activating group) is 1. The number of nitrogens with zero attached hydrogens (tertiary/aromatic N) is 8. The minimum absolute atomic E-state index is 0.0260. The van der Waals surface area contributed by atoms with E-state index in [0.29, 0.717) is 61.1 Å². The van der Waals surface area contributed by atoms with E-state index in [-0.39, 0.29) is 11.2 Å². The van der Waals surface area contributed by atoms with E-state index >= 15 is 0 Å². The monoisotopic (exact) mass is 711 g/mol. The van der Waals surface area contributed by atoms with Crippen LogP contribution in [0.1, 0.15) is 25.8 Å². The Labute approximate surface area is 306 Å². The average Bonchev–Trinajstić information content (AvgIpc) is 3.36. The molecule has 13 heteroatoms. The first-order valence-electron chi connectivity index (χ1n) is 16.9. The molecule has 51 heavy (non-hydrogen) atoms. The molecule has 4 heterocycles. The second-order valence-electron chi connectivity index (χ2n) is 12.0. The molecule has 1 aromatic carbocycles. The number of carbonyl (C=O) groups is 1. The molecular weight excluding hydrogens is 663 g/mol. The van der Waals surface area contributed by atoms with Gasteiger partial charge in [0.15, 0.2) is 17.4 Å². The summed E-state index contributed by atoms with van der Waals surface area (Å²) in [5.74, 6) is 5.90. The topological polar surface area (TPSA) is 112 Å². The van der Waals surface area contributed by atoms with Gasteiger partial charge in [-0.3, -0.25) is 9.80 Å². The van der Waals surface area contributed by atoms with Crippen LogP contribution in [0.2, 0.25) is 0 Å². The van der Waals surface area contributed by atoms with Crippen molar-refractivity contribution >= 4 is 52.2 Å². The first-order chi connectivity index (χ1) is 24.7. The highest BCUT2D eigenvalue weighted by atomic mass is 32.2. The number of carbonyl (C=O) groups excluding carboxylic acids is 1. The number of nitrogens with one attached hydrogen (secondary N) is 1. The van der Waals surface area contributed by atoms with Gasteiger partial charge in [-0.25, -0.2) is 15.0 Å². The van der Waals surface area contributed by atoms with E-state index in [1.807, 2.05) is 98.4 Å². The summed E-state index contributed by atoms with van der Waals surface area (Å²) in [4.78, 5) is 33.3. The van der Waals surface area contributed by atoms with E-state index in [0.717, 1.165) is 35.7 Å². The number of hydrogen-bond acceptors (Lipinski definition) is 12. The van der Waals surface area contributed by atoms with Crippen molar-refractivity contribution in [3.05, 3.63) is 72.4 Å². The van der Waals surface area contributed by atoms with Gasteiger partial charge in [0.25, 0.3) is 0 Å². The molecule has 1 unspecified atom stereocenters. The second-order valence-corrected chi connectivity index (χ2v) is 13.2. The molecule has 2 aromatic heterocycles. The highest BCUT2D eigenvalue weighted by Crippen LogP contribution is 2.34. The van der Waals surface area contributed by atoms with Crippen molar-refractivity contribution in [1.29, 1.82) is 0 Å². The number of allylic oxidation sites excluding steroid dienone is 1. The van der Waals surface area contributed by atoms with Crippen LogP contribution in [0.25, 0.3) is 11.0 Å². The number of hydrogen-bond donors (Lipinski definition) is 1. The molecule has 270 valence electrons. The Kier molecular flexibility index (Phi) is 14.7. The molecule has 3 aromatic rings.